The molecule has 0 saturated carbocycles. The van der Waals surface area contributed by atoms with Crippen LogP contribution in [0.1, 0.15) is 30.3 Å². The SMILES string of the molecule is CCOc1ccccc1OCCCC(=O)NNC(=O)c1ccc2ccccc2n1. The Labute approximate surface area is 169 Å². The summed E-state index contributed by atoms with van der Waals surface area (Å²) in [5, 5.41) is 0.944. The van der Waals surface area contributed by atoms with Gasteiger partial charge < -0.3 is 9.47 Å². The van der Waals surface area contributed by atoms with Gasteiger partial charge in [0, 0.05) is 11.8 Å². The van der Waals surface area contributed by atoms with Gasteiger partial charge in [0.1, 0.15) is 5.69 Å². The number of hydrazine groups is 1. The maximum absolute atomic E-state index is 12.2. The number of carbonyl (C=O) groups excluding carboxylic acids is 2. The van der Waals surface area contributed by atoms with E-state index >= 15 is 0 Å². The van der Waals surface area contributed by atoms with Crippen molar-refractivity contribution in [3.63, 3.8) is 0 Å². The first kappa shape index (κ1) is 20.1. The molecule has 0 aliphatic rings. The first-order valence-corrected chi connectivity index (χ1v) is 9.47. The molecule has 2 N–H and O–H groups in total. The largest absolute Gasteiger partial charge is 0.490 e. The number of ether oxygens (including phenoxy) is 2. The molecule has 0 aliphatic carbocycles. The first-order chi connectivity index (χ1) is 14.2. The Morgan fingerprint density at radius 3 is 2.41 bits per heavy atom. The van der Waals surface area contributed by atoms with Crippen molar-refractivity contribution >= 4 is 22.7 Å². The Bertz CT molecular complexity index is 990. The summed E-state index contributed by atoms with van der Waals surface area (Å²) in [6, 6.07) is 18.3. The summed E-state index contributed by atoms with van der Waals surface area (Å²) >= 11 is 0. The number of aromatic nitrogens is 1. The molecule has 150 valence electrons. The van der Waals surface area contributed by atoms with Crippen molar-refractivity contribution in [1.82, 2.24) is 15.8 Å². The number of rotatable bonds is 8. The molecule has 1 aromatic heterocycles. The van der Waals surface area contributed by atoms with Crippen molar-refractivity contribution in [3.8, 4) is 11.5 Å². The van der Waals surface area contributed by atoms with E-state index in [1.54, 1.807) is 6.07 Å². The van der Waals surface area contributed by atoms with Gasteiger partial charge in [0.05, 0.1) is 18.7 Å². The molecule has 7 heteroatoms. The van der Waals surface area contributed by atoms with Crippen LogP contribution in [0.4, 0.5) is 0 Å². The quantitative estimate of drug-likeness (QED) is 0.453. The Kier molecular flexibility index (Phi) is 7.00. The van der Waals surface area contributed by atoms with E-state index in [0.717, 1.165) is 10.9 Å². The third kappa shape index (κ3) is 5.68. The van der Waals surface area contributed by atoms with Crippen molar-refractivity contribution in [3.05, 3.63) is 66.4 Å². The second kappa shape index (κ2) is 10.1. The van der Waals surface area contributed by atoms with E-state index < -0.39 is 5.91 Å². The molecular formula is C22H23N3O4. The van der Waals surface area contributed by atoms with Gasteiger partial charge in [0.25, 0.3) is 5.91 Å². The van der Waals surface area contributed by atoms with Crippen LogP contribution in [0.25, 0.3) is 10.9 Å². The molecule has 0 radical (unpaired) electrons. The number of para-hydroxylation sites is 3. The van der Waals surface area contributed by atoms with Crippen molar-refractivity contribution in [2.24, 2.45) is 0 Å². The summed E-state index contributed by atoms with van der Waals surface area (Å²) < 4.78 is 11.2. The summed E-state index contributed by atoms with van der Waals surface area (Å²) in [6.07, 6.45) is 0.707. The summed E-state index contributed by atoms with van der Waals surface area (Å²) in [4.78, 5) is 28.4. The third-order valence-electron chi connectivity index (χ3n) is 4.10. The summed E-state index contributed by atoms with van der Waals surface area (Å²) in [5.74, 6) is 0.548. The lowest BCUT2D eigenvalue weighted by atomic mass is 10.2. The maximum Gasteiger partial charge on any atom is 0.288 e. The minimum atomic E-state index is -0.467. The lowest BCUT2D eigenvalue weighted by Gasteiger charge is -2.11. The highest BCUT2D eigenvalue weighted by Gasteiger charge is 2.10. The smallest absolute Gasteiger partial charge is 0.288 e. The summed E-state index contributed by atoms with van der Waals surface area (Å²) in [7, 11) is 0. The van der Waals surface area contributed by atoms with Crippen LogP contribution < -0.4 is 20.3 Å². The van der Waals surface area contributed by atoms with Gasteiger partial charge in [0.15, 0.2) is 11.5 Å². The second-order valence-electron chi connectivity index (χ2n) is 6.22. The molecule has 0 fully saturated rings. The number of nitrogens with one attached hydrogen (secondary N) is 2. The Morgan fingerprint density at radius 1 is 0.897 bits per heavy atom. The molecule has 1 heterocycles. The van der Waals surface area contributed by atoms with Crippen LogP contribution in [-0.4, -0.2) is 30.0 Å². The molecule has 0 atom stereocenters. The van der Waals surface area contributed by atoms with E-state index in [1.807, 2.05) is 61.5 Å². The Balaban J connectivity index is 1.41. The summed E-state index contributed by atoms with van der Waals surface area (Å²) in [6.45, 7) is 2.81. The highest BCUT2D eigenvalue weighted by molar-refractivity contribution is 5.95. The number of nitrogens with zero attached hydrogens (tertiary/aromatic N) is 1. The Hall–Kier alpha value is -3.61. The molecule has 3 aromatic rings. The van der Waals surface area contributed by atoms with E-state index in [2.05, 4.69) is 15.8 Å². The predicted molar refractivity (Wildman–Crippen MR) is 110 cm³/mol. The number of hydrogen-bond acceptors (Lipinski definition) is 5. The average molecular weight is 393 g/mol. The van der Waals surface area contributed by atoms with Gasteiger partial charge in [-0.05, 0) is 37.6 Å². The zero-order chi connectivity index (χ0) is 20.5. The minimum absolute atomic E-state index is 0.211. The molecule has 3 rings (SSSR count). The van der Waals surface area contributed by atoms with E-state index in [4.69, 9.17) is 9.47 Å². The fraction of sp³-hybridized carbons (Fsp3) is 0.227. The van der Waals surface area contributed by atoms with Crippen LogP contribution in [-0.2, 0) is 4.79 Å². The molecular weight excluding hydrogens is 370 g/mol. The molecule has 2 aromatic carbocycles. The first-order valence-electron chi connectivity index (χ1n) is 9.47. The van der Waals surface area contributed by atoms with Crippen LogP contribution in [0, 0.1) is 0 Å². The molecule has 0 aliphatic heterocycles. The topological polar surface area (TPSA) is 89.5 Å². The van der Waals surface area contributed by atoms with Gasteiger partial charge in [-0.3, -0.25) is 20.4 Å². The number of fused-ring (bicyclic) bond motifs is 1. The molecule has 2 amide bonds. The zero-order valence-electron chi connectivity index (χ0n) is 16.2. The lowest BCUT2D eigenvalue weighted by Crippen LogP contribution is -2.41. The molecule has 7 nitrogen and oxygen atoms in total. The number of benzene rings is 2. The normalized spacial score (nSPS) is 10.4. The second-order valence-corrected chi connectivity index (χ2v) is 6.22. The van der Waals surface area contributed by atoms with Gasteiger partial charge >= 0.3 is 0 Å². The van der Waals surface area contributed by atoms with Crippen molar-refractivity contribution in [2.45, 2.75) is 19.8 Å². The molecule has 0 unspecified atom stereocenters. The molecule has 0 spiro atoms. The highest BCUT2D eigenvalue weighted by atomic mass is 16.5. The monoisotopic (exact) mass is 393 g/mol. The van der Waals surface area contributed by atoms with E-state index in [9.17, 15) is 9.59 Å². The molecule has 0 bridgehead atoms. The van der Waals surface area contributed by atoms with Gasteiger partial charge in [-0.25, -0.2) is 4.98 Å². The maximum atomic E-state index is 12.2. The van der Waals surface area contributed by atoms with Gasteiger partial charge in [-0.1, -0.05) is 36.4 Å². The average Bonchev–Trinajstić information content (AvgIpc) is 2.76. The van der Waals surface area contributed by atoms with Gasteiger partial charge in [-0.2, -0.15) is 0 Å². The van der Waals surface area contributed by atoms with Crippen LogP contribution in [0.2, 0.25) is 0 Å². The minimum Gasteiger partial charge on any atom is -0.490 e. The molecule has 29 heavy (non-hydrogen) atoms. The van der Waals surface area contributed by atoms with Crippen molar-refractivity contribution in [2.75, 3.05) is 13.2 Å². The van der Waals surface area contributed by atoms with Gasteiger partial charge in [-0.15, -0.1) is 0 Å². The van der Waals surface area contributed by atoms with E-state index in [0.29, 0.717) is 31.1 Å². The molecule has 0 saturated heterocycles. The van der Waals surface area contributed by atoms with Crippen LogP contribution in [0.3, 0.4) is 0 Å². The summed E-state index contributed by atoms with van der Waals surface area (Å²) in [5.41, 5.74) is 5.74. The highest BCUT2D eigenvalue weighted by Crippen LogP contribution is 2.26. The fourth-order valence-corrected chi connectivity index (χ4v) is 2.70. The number of carbonyl (C=O) groups is 2. The lowest BCUT2D eigenvalue weighted by molar-refractivity contribution is -0.122. The van der Waals surface area contributed by atoms with E-state index in [-0.39, 0.29) is 18.0 Å². The fourth-order valence-electron chi connectivity index (χ4n) is 2.70. The van der Waals surface area contributed by atoms with Crippen LogP contribution in [0.5, 0.6) is 11.5 Å². The third-order valence-corrected chi connectivity index (χ3v) is 4.10. The van der Waals surface area contributed by atoms with Crippen LogP contribution in [0.15, 0.2) is 60.7 Å². The number of pyridine rings is 1. The standard InChI is InChI=1S/C22H23N3O4/c1-2-28-19-10-5-6-11-20(19)29-15-7-12-21(26)24-25-22(27)18-14-13-16-8-3-4-9-17(16)23-18/h3-6,8-11,13-14H,2,7,12,15H2,1H3,(H,24,26)(H,25,27). The van der Waals surface area contributed by atoms with Gasteiger partial charge in [0.2, 0.25) is 5.91 Å². The van der Waals surface area contributed by atoms with Crippen molar-refractivity contribution < 1.29 is 19.1 Å². The predicted octanol–water partition coefficient (Wildman–Crippen LogP) is 3.25. The van der Waals surface area contributed by atoms with Crippen molar-refractivity contribution in [1.29, 1.82) is 0 Å². The van der Waals surface area contributed by atoms with E-state index in [1.165, 1.54) is 0 Å². The Morgan fingerprint density at radius 2 is 1.62 bits per heavy atom. The zero-order valence-corrected chi connectivity index (χ0v) is 16.2. The number of hydrogen-bond donors (Lipinski definition) is 2. The van der Waals surface area contributed by atoms with Crippen LogP contribution >= 0.6 is 0 Å². The number of amides is 2.